The minimum Gasteiger partial charge on any atom is -0.497 e. The normalized spacial score (nSPS) is 21.4. The fourth-order valence-corrected chi connectivity index (χ4v) is 2.67. The van der Waals surface area contributed by atoms with Gasteiger partial charge in [-0.15, -0.1) is 0 Å². The van der Waals surface area contributed by atoms with E-state index in [0.29, 0.717) is 18.7 Å². The van der Waals surface area contributed by atoms with E-state index < -0.39 is 18.1 Å². The Labute approximate surface area is 118 Å². The Morgan fingerprint density at radius 2 is 2.30 bits per heavy atom. The van der Waals surface area contributed by atoms with Crippen molar-refractivity contribution in [3.05, 3.63) is 29.8 Å². The van der Waals surface area contributed by atoms with Crippen LogP contribution in [0.2, 0.25) is 0 Å². The third-order valence-electron chi connectivity index (χ3n) is 3.78. The largest absolute Gasteiger partial charge is 0.497 e. The molecule has 1 aromatic rings. The summed E-state index contributed by atoms with van der Waals surface area (Å²) in [5.74, 6) is -0.113. The number of carboxylic acid groups (broad SMARTS) is 1. The lowest BCUT2D eigenvalue weighted by molar-refractivity contribution is -0.145. The SMILES string of the molecule is COc1cccc(C(O)CN2CCCCC2C(=O)O)c1. The smallest absolute Gasteiger partial charge is 0.320 e. The van der Waals surface area contributed by atoms with Crippen LogP contribution >= 0.6 is 0 Å². The summed E-state index contributed by atoms with van der Waals surface area (Å²) >= 11 is 0. The number of aliphatic hydroxyl groups excluding tert-OH is 1. The van der Waals surface area contributed by atoms with Crippen molar-refractivity contribution in [3.8, 4) is 5.75 Å². The number of hydrogen-bond acceptors (Lipinski definition) is 4. The van der Waals surface area contributed by atoms with E-state index in [0.717, 1.165) is 24.9 Å². The lowest BCUT2D eigenvalue weighted by Crippen LogP contribution is -2.46. The minimum atomic E-state index is -0.803. The van der Waals surface area contributed by atoms with Crippen LogP contribution < -0.4 is 4.74 Å². The van der Waals surface area contributed by atoms with Gasteiger partial charge < -0.3 is 14.9 Å². The summed E-state index contributed by atoms with van der Waals surface area (Å²) in [6, 6.07) is 6.76. The standard InChI is InChI=1S/C15H21NO4/c1-20-12-6-4-5-11(9-12)14(17)10-16-8-3-2-7-13(16)15(18)19/h4-6,9,13-14,17H,2-3,7-8,10H2,1H3,(H,18,19). The lowest BCUT2D eigenvalue weighted by Gasteiger charge is -2.34. The van der Waals surface area contributed by atoms with Crippen LogP contribution in [0.3, 0.4) is 0 Å². The molecule has 0 aromatic heterocycles. The highest BCUT2D eigenvalue weighted by molar-refractivity contribution is 5.73. The lowest BCUT2D eigenvalue weighted by atomic mass is 10.0. The van der Waals surface area contributed by atoms with Crippen molar-refractivity contribution in [2.75, 3.05) is 20.2 Å². The average Bonchev–Trinajstić information content (AvgIpc) is 2.47. The first-order valence-electron chi connectivity index (χ1n) is 6.90. The van der Waals surface area contributed by atoms with Gasteiger partial charge in [-0.2, -0.15) is 0 Å². The fraction of sp³-hybridized carbons (Fsp3) is 0.533. The molecule has 1 fully saturated rings. The van der Waals surface area contributed by atoms with E-state index >= 15 is 0 Å². The van der Waals surface area contributed by atoms with E-state index in [2.05, 4.69) is 0 Å². The number of hydrogen-bond donors (Lipinski definition) is 2. The molecule has 5 heteroatoms. The molecule has 2 unspecified atom stereocenters. The van der Waals surface area contributed by atoms with Gasteiger partial charge in [-0.3, -0.25) is 9.69 Å². The molecule has 1 aliphatic rings. The molecule has 1 saturated heterocycles. The summed E-state index contributed by atoms with van der Waals surface area (Å²) in [5, 5.41) is 19.5. The number of carboxylic acids is 1. The van der Waals surface area contributed by atoms with Crippen molar-refractivity contribution in [3.63, 3.8) is 0 Å². The number of aliphatic hydroxyl groups is 1. The Balaban J connectivity index is 2.05. The Kier molecular flexibility index (Phi) is 4.98. The molecule has 0 aliphatic carbocycles. The van der Waals surface area contributed by atoms with E-state index in [1.807, 2.05) is 23.1 Å². The van der Waals surface area contributed by atoms with E-state index in [-0.39, 0.29) is 0 Å². The van der Waals surface area contributed by atoms with Gasteiger partial charge in [0.2, 0.25) is 0 Å². The Hall–Kier alpha value is -1.59. The number of piperidine rings is 1. The molecule has 5 nitrogen and oxygen atoms in total. The number of aliphatic carboxylic acids is 1. The molecule has 0 saturated carbocycles. The number of likely N-dealkylation sites (tertiary alicyclic amines) is 1. The van der Waals surface area contributed by atoms with Crippen LogP contribution in [0.15, 0.2) is 24.3 Å². The number of carbonyl (C=O) groups is 1. The topological polar surface area (TPSA) is 70.0 Å². The second kappa shape index (κ2) is 6.72. The molecule has 0 radical (unpaired) electrons. The molecule has 1 aromatic carbocycles. The van der Waals surface area contributed by atoms with Crippen LogP contribution in [0.4, 0.5) is 0 Å². The predicted octanol–water partition coefficient (Wildman–Crippen LogP) is 1.67. The quantitative estimate of drug-likeness (QED) is 0.858. The van der Waals surface area contributed by atoms with Crippen LogP contribution in [0.1, 0.15) is 30.9 Å². The van der Waals surface area contributed by atoms with Gasteiger partial charge in [-0.05, 0) is 37.1 Å². The molecule has 1 heterocycles. The number of nitrogens with zero attached hydrogens (tertiary/aromatic N) is 1. The highest BCUT2D eigenvalue weighted by Gasteiger charge is 2.29. The van der Waals surface area contributed by atoms with Gasteiger partial charge in [0.1, 0.15) is 11.8 Å². The molecule has 2 rings (SSSR count). The Morgan fingerprint density at radius 1 is 1.50 bits per heavy atom. The maximum absolute atomic E-state index is 11.2. The van der Waals surface area contributed by atoms with E-state index in [4.69, 9.17) is 4.74 Å². The average molecular weight is 279 g/mol. The van der Waals surface area contributed by atoms with Crippen LogP contribution in [0.5, 0.6) is 5.75 Å². The molecule has 0 amide bonds. The van der Waals surface area contributed by atoms with Crippen molar-refractivity contribution in [1.82, 2.24) is 4.90 Å². The summed E-state index contributed by atoms with van der Waals surface area (Å²) in [6.45, 7) is 1.06. The number of rotatable bonds is 5. The first kappa shape index (κ1) is 14.8. The second-order valence-electron chi connectivity index (χ2n) is 5.14. The van der Waals surface area contributed by atoms with Gasteiger partial charge in [0.15, 0.2) is 0 Å². The van der Waals surface area contributed by atoms with Gasteiger partial charge >= 0.3 is 5.97 Å². The molecular weight excluding hydrogens is 258 g/mol. The van der Waals surface area contributed by atoms with Crippen LogP contribution in [-0.2, 0) is 4.79 Å². The van der Waals surface area contributed by atoms with Crippen molar-refractivity contribution in [1.29, 1.82) is 0 Å². The molecule has 2 atom stereocenters. The zero-order valence-electron chi connectivity index (χ0n) is 11.7. The van der Waals surface area contributed by atoms with Gasteiger partial charge in [-0.25, -0.2) is 0 Å². The molecule has 1 aliphatic heterocycles. The Bertz CT molecular complexity index is 463. The van der Waals surface area contributed by atoms with E-state index in [1.54, 1.807) is 13.2 Å². The molecule has 20 heavy (non-hydrogen) atoms. The summed E-state index contributed by atoms with van der Waals surface area (Å²) in [5.41, 5.74) is 0.749. The maximum Gasteiger partial charge on any atom is 0.320 e. The molecule has 0 spiro atoms. The third-order valence-corrected chi connectivity index (χ3v) is 3.78. The predicted molar refractivity (Wildman–Crippen MR) is 74.8 cm³/mol. The zero-order valence-corrected chi connectivity index (χ0v) is 11.7. The summed E-state index contributed by atoms with van der Waals surface area (Å²) in [7, 11) is 1.58. The van der Waals surface area contributed by atoms with Crippen molar-refractivity contribution >= 4 is 5.97 Å². The molecule has 0 bridgehead atoms. The van der Waals surface area contributed by atoms with Gasteiger partial charge in [0, 0.05) is 6.54 Å². The van der Waals surface area contributed by atoms with Gasteiger partial charge in [0.25, 0.3) is 0 Å². The summed E-state index contributed by atoms with van der Waals surface area (Å²) < 4.78 is 5.14. The molecule has 2 N–H and O–H groups in total. The summed E-state index contributed by atoms with van der Waals surface area (Å²) in [4.78, 5) is 13.1. The highest BCUT2D eigenvalue weighted by Crippen LogP contribution is 2.23. The van der Waals surface area contributed by atoms with Gasteiger partial charge in [-0.1, -0.05) is 18.6 Å². The summed E-state index contributed by atoms with van der Waals surface area (Å²) in [6.07, 6.45) is 1.86. The molecular formula is C15H21NO4. The maximum atomic E-state index is 11.2. The zero-order chi connectivity index (χ0) is 14.5. The van der Waals surface area contributed by atoms with Crippen molar-refractivity contribution in [2.45, 2.75) is 31.4 Å². The van der Waals surface area contributed by atoms with Crippen molar-refractivity contribution < 1.29 is 19.7 Å². The van der Waals surface area contributed by atoms with Crippen LogP contribution in [0.25, 0.3) is 0 Å². The van der Waals surface area contributed by atoms with E-state index in [9.17, 15) is 15.0 Å². The van der Waals surface area contributed by atoms with Crippen LogP contribution in [0, 0.1) is 0 Å². The minimum absolute atomic E-state index is 0.337. The van der Waals surface area contributed by atoms with Gasteiger partial charge in [0.05, 0.1) is 13.2 Å². The Morgan fingerprint density at radius 3 is 3.00 bits per heavy atom. The first-order chi connectivity index (χ1) is 9.61. The number of benzene rings is 1. The highest BCUT2D eigenvalue weighted by atomic mass is 16.5. The fourth-order valence-electron chi connectivity index (χ4n) is 2.67. The number of methoxy groups -OCH3 is 1. The number of β-amino-alcohol motifs (C(OH)–C–C–N with tert-alkyl or cyclic N) is 1. The third kappa shape index (κ3) is 3.49. The monoisotopic (exact) mass is 279 g/mol. The molecule has 110 valence electrons. The number of ether oxygens (including phenoxy) is 1. The second-order valence-corrected chi connectivity index (χ2v) is 5.14. The van der Waals surface area contributed by atoms with E-state index in [1.165, 1.54) is 0 Å². The van der Waals surface area contributed by atoms with Crippen molar-refractivity contribution in [2.24, 2.45) is 0 Å². The first-order valence-corrected chi connectivity index (χ1v) is 6.90. The van der Waals surface area contributed by atoms with Crippen LogP contribution in [-0.4, -0.2) is 47.3 Å².